The number of hydrogen-bond donors (Lipinski definition) is 2. The maximum Gasteiger partial charge on any atom is 0.312 e. The lowest BCUT2D eigenvalue weighted by Crippen LogP contribution is -2.67. The van der Waals surface area contributed by atoms with E-state index in [0.717, 1.165) is 25.7 Å². The maximum absolute atomic E-state index is 13.6. The zero-order chi connectivity index (χ0) is 20.5. The third kappa shape index (κ3) is 3.69. The Kier molecular flexibility index (Phi) is 4.84. The third-order valence-corrected chi connectivity index (χ3v) is 8.24. The summed E-state index contributed by atoms with van der Waals surface area (Å²) in [5, 5.41) is 22.0. The van der Waals surface area contributed by atoms with Crippen LogP contribution in [0.1, 0.15) is 93.4 Å². The van der Waals surface area contributed by atoms with Crippen LogP contribution in [-0.4, -0.2) is 33.0 Å². The van der Waals surface area contributed by atoms with Crippen molar-refractivity contribution < 1.29 is 19.7 Å². The first-order valence-corrected chi connectivity index (χ1v) is 10.8. The van der Waals surface area contributed by atoms with Gasteiger partial charge >= 0.3 is 5.97 Å². The molecular weight excluding hydrogens is 340 g/mol. The second kappa shape index (κ2) is 6.19. The second-order valence-electron chi connectivity index (χ2n) is 12.0. The Morgan fingerprint density at radius 1 is 1.00 bits per heavy atom. The van der Waals surface area contributed by atoms with Crippen molar-refractivity contribution in [3.63, 3.8) is 0 Å². The molecule has 4 nitrogen and oxygen atoms in total. The van der Waals surface area contributed by atoms with Crippen molar-refractivity contribution in [2.45, 2.75) is 110 Å². The van der Waals surface area contributed by atoms with Gasteiger partial charge in [0.15, 0.2) is 0 Å². The fourth-order valence-corrected chi connectivity index (χ4v) is 6.25. The van der Waals surface area contributed by atoms with Gasteiger partial charge in [0.25, 0.3) is 0 Å². The Balaban J connectivity index is 1.86. The highest BCUT2D eigenvalue weighted by molar-refractivity contribution is 5.78. The summed E-state index contributed by atoms with van der Waals surface area (Å²) in [6.45, 7) is 15.0. The van der Waals surface area contributed by atoms with Gasteiger partial charge in [-0.25, -0.2) is 0 Å². The van der Waals surface area contributed by atoms with Crippen LogP contribution >= 0.6 is 0 Å². The van der Waals surface area contributed by atoms with Crippen LogP contribution < -0.4 is 0 Å². The highest BCUT2D eigenvalue weighted by atomic mass is 16.6. The first kappa shape index (κ1) is 21.1. The van der Waals surface area contributed by atoms with Crippen LogP contribution in [0.5, 0.6) is 0 Å². The van der Waals surface area contributed by atoms with Gasteiger partial charge in [0.2, 0.25) is 0 Å². The van der Waals surface area contributed by atoms with E-state index >= 15 is 0 Å². The van der Waals surface area contributed by atoms with Crippen molar-refractivity contribution in [2.75, 3.05) is 0 Å². The van der Waals surface area contributed by atoms with Gasteiger partial charge in [-0.3, -0.25) is 4.79 Å². The van der Waals surface area contributed by atoms with E-state index in [2.05, 4.69) is 41.5 Å². The Morgan fingerprint density at radius 3 is 1.93 bits per heavy atom. The quantitative estimate of drug-likeness (QED) is 0.691. The van der Waals surface area contributed by atoms with E-state index in [9.17, 15) is 15.0 Å². The van der Waals surface area contributed by atoms with Gasteiger partial charge < -0.3 is 14.9 Å². The van der Waals surface area contributed by atoms with Crippen molar-refractivity contribution in [3.8, 4) is 0 Å². The molecule has 4 bridgehead atoms. The number of esters is 1. The van der Waals surface area contributed by atoms with Gasteiger partial charge in [-0.15, -0.1) is 0 Å². The average Bonchev–Trinajstić information content (AvgIpc) is 2.40. The molecule has 4 rings (SSSR count). The molecule has 2 N–H and O–H groups in total. The summed E-state index contributed by atoms with van der Waals surface area (Å²) in [5.41, 5.74) is -3.29. The van der Waals surface area contributed by atoms with Crippen LogP contribution in [0.2, 0.25) is 0 Å². The van der Waals surface area contributed by atoms with Crippen molar-refractivity contribution in [2.24, 2.45) is 28.6 Å². The molecule has 0 spiro atoms. The summed E-state index contributed by atoms with van der Waals surface area (Å²) >= 11 is 0. The molecule has 156 valence electrons. The number of ether oxygens (including phenoxy) is 1. The van der Waals surface area contributed by atoms with E-state index in [0.29, 0.717) is 31.1 Å². The number of hydrogen-bond acceptors (Lipinski definition) is 4. The highest BCUT2D eigenvalue weighted by Gasteiger charge is 2.65. The molecule has 4 heteroatoms. The maximum atomic E-state index is 13.6. The first-order valence-electron chi connectivity index (χ1n) is 10.8. The molecule has 0 radical (unpaired) electrons. The van der Waals surface area contributed by atoms with E-state index in [1.54, 1.807) is 0 Å². The zero-order valence-electron chi connectivity index (χ0n) is 18.4. The van der Waals surface area contributed by atoms with Crippen molar-refractivity contribution in [1.82, 2.24) is 0 Å². The van der Waals surface area contributed by atoms with Crippen molar-refractivity contribution >= 4 is 5.97 Å². The number of aliphatic hydroxyl groups is 2. The van der Waals surface area contributed by atoms with E-state index in [4.69, 9.17) is 4.74 Å². The van der Waals surface area contributed by atoms with Crippen LogP contribution in [0.15, 0.2) is 0 Å². The molecule has 0 aromatic rings. The van der Waals surface area contributed by atoms with Crippen LogP contribution in [0.3, 0.4) is 0 Å². The van der Waals surface area contributed by atoms with Crippen molar-refractivity contribution in [1.29, 1.82) is 0 Å². The predicted molar refractivity (Wildman–Crippen MR) is 106 cm³/mol. The summed E-state index contributed by atoms with van der Waals surface area (Å²) in [6.07, 6.45) is 4.40. The lowest BCUT2D eigenvalue weighted by Gasteiger charge is -2.62. The van der Waals surface area contributed by atoms with E-state index in [-0.39, 0.29) is 17.3 Å². The number of rotatable bonds is 5. The standard InChI is InChI=1S/C23H40O4/c1-15(2)16(3)8-20(7,19(4,5)6)18(24)27-23-11-17-9-21(25,13-23)12-22(26,10-17)14-23/h15-17,25-26H,8-14H2,1-7H3. The number of carbonyl (C=O) groups excluding carboxylic acids is 1. The molecule has 0 aliphatic heterocycles. The van der Waals surface area contributed by atoms with Crippen molar-refractivity contribution in [3.05, 3.63) is 0 Å². The number of carbonyl (C=O) groups is 1. The van der Waals surface area contributed by atoms with Crippen LogP contribution in [0, 0.1) is 28.6 Å². The smallest absolute Gasteiger partial charge is 0.312 e. The topological polar surface area (TPSA) is 66.8 Å². The third-order valence-electron chi connectivity index (χ3n) is 8.24. The molecule has 0 amide bonds. The molecule has 4 fully saturated rings. The SMILES string of the molecule is CC(C)C(C)CC(C)(C(=O)OC12CC3CC(O)(CC(O)(C3)C1)C2)C(C)(C)C. The summed E-state index contributed by atoms with van der Waals surface area (Å²) in [5.74, 6) is 1.00. The molecule has 0 heterocycles. The normalized spacial score (nSPS) is 41.5. The molecular formula is C23H40O4. The van der Waals surface area contributed by atoms with Crippen LogP contribution in [-0.2, 0) is 9.53 Å². The molecule has 4 aliphatic rings. The Bertz CT molecular complexity index is 586. The minimum absolute atomic E-state index is 0.156. The zero-order valence-corrected chi connectivity index (χ0v) is 18.4. The average molecular weight is 381 g/mol. The van der Waals surface area contributed by atoms with E-state index in [1.807, 2.05) is 6.92 Å². The van der Waals surface area contributed by atoms with Crippen LogP contribution in [0.4, 0.5) is 0 Å². The summed E-state index contributed by atoms with van der Waals surface area (Å²) < 4.78 is 6.29. The minimum Gasteiger partial charge on any atom is -0.458 e. The fourth-order valence-electron chi connectivity index (χ4n) is 6.25. The van der Waals surface area contributed by atoms with Gasteiger partial charge in [-0.05, 0) is 55.8 Å². The fraction of sp³-hybridized carbons (Fsp3) is 0.957. The lowest BCUT2D eigenvalue weighted by atomic mass is 9.50. The van der Waals surface area contributed by atoms with Gasteiger partial charge in [0.1, 0.15) is 5.60 Å². The minimum atomic E-state index is -0.877. The molecule has 27 heavy (non-hydrogen) atoms. The predicted octanol–water partition coefficient (Wildman–Crippen LogP) is 4.46. The molecule has 0 aromatic heterocycles. The molecule has 4 unspecified atom stereocenters. The molecule has 0 aromatic carbocycles. The van der Waals surface area contributed by atoms with Gasteiger partial charge in [-0.2, -0.15) is 0 Å². The van der Waals surface area contributed by atoms with E-state index < -0.39 is 22.2 Å². The molecule has 4 atom stereocenters. The van der Waals surface area contributed by atoms with E-state index in [1.165, 1.54) is 0 Å². The monoisotopic (exact) mass is 380 g/mol. The Labute approximate surface area is 165 Å². The molecule has 0 saturated heterocycles. The largest absolute Gasteiger partial charge is 0.458 e. The summed E-state index contributed by atoms with van der Waals surface area (Å²) in [6, 6.07) is 0. The second-order valence-corrected chi connectivity index (χ2v) is 12.0. The molecule has 4 saturated carbocycles. The lowest BCUT2D eigenvalue weighted by molar-refractivity contribution is -0.266. The van der Waals surface area contributed by atoms with Gasteiger partial charge in [0.05, 0.1) is 16.6 Å². The first-order chi connectivity index (χ1) is 12.1. The molecule has 4 aliphatic carbocycles. The Morgan fingerprint density at radius 2 is 1.52 bits per heavy atom. The van der Waals surface area contributed by atoms with Crippen LogP contribution in [0.25, 0.3) is 0 Å². The summed E-state index contributed by atoms with van der Waals surface area (Å²) in [7, 11) is 0. The van der Waals surface area contributed by atoms with Gasteiger partial charge in [0, 0.05) is 19.3 Å². The highest BCUT2D eigenvalue weighted by Crippen LogP contribution is 2.61. The summed E-state index contributed by atoms with van der Waals surface area (Å²) in [4.78, 5) is 13.6. The Hall–Kier alpha value is -0.610. The van der Waals surface area contributed by atoms with Gasteiger partial charge in [-0.1, -0.05) is 41.5 Å².